The van der Waals surface area contributed by atoms with E-state index in [0.29, 0.717) is 5.56 Å². The molecule has 1 aromatic rings. The molecule has 0 spiro atoms. The molecule has 1 aliphatic heterocycles. The molecule has 82 valence electrons. The van der Waals surface area contributed by atoms with Crippen molar-refractivity contribution in [2.45, 2.75) is 32.9 Å². The molecule has 3 nitrogen and oxygen atoms in total. The minimum atomic E-state index is -0.428. The molecule has 0 N–H and O–H groups in total. The van der Waals surface area contributed by atoms with Gasteiger partial charge in [-0.3, -0.25) is 4.79 Å². The summed E-state index contributed by atoms with van der Waals surface area (Å²) in [6.07, 6.45) is 0. The van der Waals surface area contributed by atoms with Crippen LogP contribution in [-0.4, -0.2) is 16.8 Å². The number of hydrogen-bond donors (Lipinski definition) is 0. The first-order valence-corrected chi connectivity index (χ1v) is 5.39. The molecule has 0 aromatic heterocycles. The second-order valence-electron chi connectivity index (χ2n) is 4.38. The Bertz CT molecular complexity index is 485. The van der Waals surface area contributed by atoms with Gasteiger partial charge in [0.2, 0.25) is 0 Å². The summed E-state index contributed by atoms with van der Waals surface area (Å²) in [6, 6.07) is 7.51. The molecule has 0 radical (unpaired) electrons. The van der Waals surface area contributed by atoms with Gasteiger partial charge >= 0.3 is 0 Å². The van der Waals surface area contributed by atoms with E-state index in [1.165, 1.54) is 0 Å². The first-order valence-electron chi connectivity index (χ1n) is 5.39. The van der Waals surface area contributed by atoms with E-state index in [4.69, 9.17) is 0 Å². The van der Waals surface area contributed by atoms with Gasteiger partial charge in [0.1, 0.15) is 6.04 Å². The molecule has 1 aliphatic rings. The summed E-state index contributed by atoms with van der Waals surface area (Å²) in [5.41, 5.74) is 2.51. The van der Waals surface area contributed by atoms with Crippen molar-refractivity contribution in [3.05, 3.63) is 34.9 Å². The average molecular weight is 214 g/mol. The van der Waals surface area contributed by atoms with E-state index in [9.17, 15) is 10.1 Å². The van der Waals surface area contributed by atoms with Gasteiger partial charge in [-0.15, -0.1) is 0 Å². The monoisotopic (exact) mass is 214 g/mol. The van der Waals surface area contributed by atoms with Crippen molar-refractivity contribution in [2.75, 3.05) is 0 Å². The highest BCUT2D eigenvalue weighted by Crippen LogP contribution is 2.36. The number of aryl methyl sites for hydroxylation is 1. The number of nitrogens with zero attached hydrogens (tertiary/aromatic N) is 2. The zero-order valence-corrected chi connectivity index (χ0v) is 9.69. The predicted molar refractivity (Wildman–Crippen MR) is 60.8 cm³/mol. The topological polar surface area (TPSA) is 44.1 Å². The molecule has 0 aliphatic carbocycles. The number of amides is 1. The van der Waals surface area contributed by atoms with E-state index in [0.717, 1.165) is 11.1 Å². The van der Waals surface area contributed by atoms with Crippen LogP contribution < -0.4 is 0 Å². The zero-order valence-electron chi connectivity index (χ0n) is 9.69. The summed E-state index contributed by atoms with van der Waals surface area (Å²) in [6.45, 7) is 5.78. The van der Waals surface area contributed by atoms with E-state index < -0.39 is 6.04 Å². The third-order valence-electron chi connectivity index (χ3n) is 3.00. The SMILES string of the molecule is Cc1cccc2c1C(=O)N(C(C)C)C2C#N. The first kappa shape index (κ1) is 10.7. The summed E-state index contributed by atoms with van der Waals surface area (Å²) in [5.74, 6) is -0.0188. The molecule has 0 fully saturated rings. The molecule has 1 amide bonds. The third-order valence-corrected chi connectivity index (χ3v) is 3.00. The van der Waals surface area contributed by atoms with Gasteiger partial charge in [-0.05, 0) is 26.3 Å². The van der Waals surface area contributed by atoms with E-state index in [1.54, 1.807) is 4.90 Å². The highest BCUT2D eigenvalue weighted by molar-refractivity contribution is 6.01. The average Bonchev–Trinajstić information content (AvgIpc) is 2.52. The van der Waals surface area contributed by atoms with Crippen LogP contribution in [0.5, 0.6) is 0 Å². The van der Waals surface area contributed by atoms with Gasteiger partial charge < -0.3 is 4.90 Å². The van der Waals surface area contributed by atoms with Crippen LogP contribution in [0.1, 0.15) is 41.4 Å². The fourth-order valence-electron chi connectivity index (χ4n) is 2.27. The fraction of sp³-hybridized carbons (Fsp3) is 0.385. The molecule has 1 aromatic carbocycles. The molecular weight excluding hydrogens is 200 g/mol. The molecule has 1 heterocycles. The fourth-order valence-corrected chi connectivity index (χ4v) is 2.27. The Hall–Kier alpha value is -1.82. The van der Waals surface area contributed by atoms with Crippen molar-refractivity contribution in [1.29, 1.82) is 5.26 Å². The highest BCUT2D eigenvalue weighted by Gasteiger charge is 2.38. The summed E-state index contributed by atoms with van der Waals surface area (Å²) in [7, 11) is 0. The Balaban J connectivity index is 2.62. The van der Waals surface area contributed by atoms with Crippen LogP contribution in [0.25, 0.3) is 0 Å². The highest BCUT2D eigenvalue weighted by atomic mass is 16.2. The maximum Gasteiger partial charge on any atom is 0.256 e. The van der Waals surface area contributed by atoms with E-state index in [2.05, 4.69) is 6.07 Å². The maximum absolute atomic E-state index is 12.2. The quantitative estimate of drug-likeness (QED) is 0.720. The van der Waals surface area contributed by atoms with Crippen molar-refractivity contribution in [1.82, 2.24) is 4.90 Å². The van der Waals surface area contributed by atoms with Gasteiger partial charge in [-0.2, -0.15) is 5.26 Å². The molecule has 2 rings (SSSR count). The number of nitriles is 1. The van der Waals surface area contributed by atoms with Crippen LogP contribution in [0.2, 0.25) is 0 Å². The van der Waals surface area contributed by atoms with Crippen LogP contribution >= 0.6 is 0 Å². The zero-order chi connectivity index (χ0) is 11.9. The Morgan fingerprint density at radius 3 is 2.69 bits per heavy atom. The van der Waals surface area contributed by atoms with Gasteiger partial charge in [0.05, 0.1) is 6.07 Å². The summed E-state index contributed by atoms with van der Waals surface area (Å²) in [4.78, 5) is 13.9. The van der Waals surface area contributed by atoms with Crippen LogP contribution in [0, 0.1) is 18.3 Å². The minimum absolute atomic E-state index is 0.0188. The van der Waals surface area contributed by atoms with Crippen molar-refractivity contribution in [2.24, 2.45) is 0 Å². The first-order chi connectivity index (χ1) is 7.57. The Morgan fingerprint density at radius 1 is 1.44 bits per heavy atom. The van der Waals surface area contributed by atoms with Gasteiger partial charge in [-0.25, -0.2) is 0 Å². The number of hydrogen-bond acceptors (Lipinski definition) is 2. The molecule has 0 saturated heterocycles. The van der Waals surface area contributed by atoms with Crippen LogP contribution in [0.3, 0.4) is 0 Å². The van der Waals surface area contributed by atoms with Gasteiger partial charge in [0.25, 0.3) is 5.91 Å². The molecule has 0 saturated carbocycles. The molecular formula is C13H14N2O. The molecule has 3 heteroatoms. The van der Waals surface area contributed by atoms with Crippen LogP contribution in [-0.2, 0) is 0 Å². The lowest BCUT2D eigenvalue weighted by Gasteiger charge is -2.24. The third kappa shape index (κ3) is 1.30. The predicted octanol–water partition coefficient (Wildman–Crippen LogP) is 2.42. The summed E-state index contributed by atoms with van der Waals surface area (Å²) >= 11 is 0. The van der Waals surface area contributed by atoms with Gasteiger partial charge in [-0.1, -0.05) is 18.2 Å². The standard InChI is InChI=1S/C13H14N2O/c1-8(2)15-11(7-14)10-6-4-5-9(3)12(10)13(15)16/h4-6,8,11H,1-3H3. The van der Waals surface area contributed by atoms with Crippen molar-refractivity contribution >= 4 is 5.91 Å². The summed E-state index contributed by atoms with van der Waals surface area (Å²) in [5, 5.41) is 9.20. The van der Waals surface area contributed by atoms with E-state index >= 15 is 0 Å². The van der Waals surface area contributed by atoms with E-state index in [-0.39, 0.29) is 11.9 Å². The lowest BCUT2D eigenvalue weighted by molar-refractivity contribution is 0.0703. The molecule has 1 atom stereocenters. The Morgan fingerprint density at radius 2 is 2.12 bits per heavy atom. The van der Waals surface area contributed by atoms with Crippen molar-refractivity contribution in [3.63, 3.8) is 0 Å². The number of rotatable bonds is 1. The van der Waals surface area contributed by atoms with Crippen LogP contribution in [0.15, 0.2) is 18.2 Å². The molecule has 16 heavy (non-hydrogen) atoms. The minimum Gasteiger partial charge on any atom is -0.316 e. The number of benzene rings is 1. The van der Waals surface area contributed by atoms with Gasteiger partial charge in [0, 0.05) is 17.2 Å². The van der Waals surface area contributed by atoms with Crippen molar-refractivity contribution in [3.8, 4) is 6.07 Å². The van der Waals surface area contributed by atoms with Crippen LogP contribution in [0.4, 0.5) is 0 Å². The number of fused-ring (bicyclic) bond motifs is 1. The number of carbonyl (C=O) groups excluding carboxylic acids is 1. The Kier molecular flexibility index (Phi) is 2.43. The van der Waals surface area contributed by atoms with E-state index in [1.807, 2.05) is 39.0 Å². The second kappa shape index (κ2) is 3.64. The summed E-state index contributed by atoms with van der Waals surface area (Å²) < 4.78 is 0. The lowest BCUT2D eigenvalue weighted by Crippen LogP contribution is -2.34. The molecule has 0 bridgehead atoms. The van der Waals surface area contributed by atoms with Crippen molar-refractivity contribution < 1.29 is 4.79 Å². The normalized spacial score (nSPS) is 18.8. The number of carbonyl (C=O) groups is 1. The molecule has 1 unspecified atom stereocenters. The maximum atomic E-state index is 12.2. The second-order valence-corrected chi connectivity index (χ2v) is 4.38. The smallest absolute Gasteiger partial charge is 0.256 e. The van der Waals surface area contributed by atoms with Gasteiger partial charge in [0.15, 0.2) is 0 Å². The Labute approximate surface area is 95.3 Å². The largest absolute Gasteiger partial charge is 0.316 e. The lowest BCUT2D eigenvalue weighted by atomic mass is 10.0.